The Morgan fingerprint density at radius 2 is 2.43 bits per heavy atom. The molecule has 0 aliphatic rings. The number of carbonyl (C=O) groups is 1. The van der Waals surface area contributed by atoms with E-state index in [2.05, 4.69) is 26.8 Å². The van der Waals surface area contributed by atoms with E-state index in [9.17, 15) is 9.59 Å². The molecule has 0 atom stereocenters. The van der Waals surface area contributed by atoms with Crippen molar-refractivity contribution in [2.75, 3.05) is 7.11 Å². The average molecular weight is 192 g/mol. The molecule has 0 bridgehead atoms. The highest BCUT2D eigenvalue weighted by molar-refractivity contribution is 5.72. The van der Waals surface area contributed by atoms with Crippen LogP contribution >= 0.6 is 0 Å². The van der Waals surface area contributed by atoms with Crippen molar-refractivity contribution in [2.24, 2.45) is 0 Å². The van der Waals surface area contributed by atoms with Gasteiger partial charge in [0.1, 0.15) is 12.1 Å². The number of hydrogen-bond donors (Lipinski definition) is 1. The van der Waals surface area contributed by atoms with Gasteiger partial charge in [0.25, 0.3) is 5.56 Å². The van der Waals surface area contributed by atoms with Crippen molar-refractivity contribution in [3.8, 4) is 11.8 Å². The molecule has 0 radical (unpaired) electrons. The molecule has 1 N–H and O–H groups in total. The van der Waals surface area contributed by atoms with Crippen LogP contribution in [0.1, 0.15) is 12.1 Å². The number of hydrogen-bond acceptors (Lipinski definition) is 4. The van der Waals surface area contributed by atoms with Crippen LogP contribution in [0.25, 0.3) is 0 Å². The standard InChI is InChI=1S/C9H8N2O3/c1-14-9(13)4-2-3-7-5-6-8(12)11-10-7/h5-6H,4H2,1H3,(H,11,12). The largest absolute Gasteiger partial charge is 0.468 e. The number of aromatic nitrogens is 2. The molecule has 0 aromatic carbocycles. The Labute approximate surface area is 80.1 Å². The summed E-state index contributed by atoms with van der Waals surface area (Å²) in [4.78, 5) is 21.3. The van der Waals surface area contributed by atoms with Gasteiger partial charge in [0.15, 0.2) is 0 Å². The lowest BCUT2D eigenvalue weighted by Gasteiger charge is -1.89. The van der Waals surface area contributed by atoms with Crippen LogP contribution in [-0.2, 0) is 9.53 Å². The van der Waals surface area contributed by atoms with E-state index >= 15 is 0 Å². The molecule has 0 amide bonds. The first kappa shape index (κ1) is 9.99. The van der Waals surface area contributed by atoms with E-state index in [0.717, 1.165) is 0 Å². The summed E-state index contributed by atoms with van der Waals surface area (Å²) in [6, 6.07) is 2.79. The van der Waals surface area contributed by atoms with Crippen molar-refractivity contribution in [2.45, 2.75) is 6.42 Å². The molecule has 0 unspecified atom stereocenters. The smallest absolute Gasteiger partial charge is 0.317 e. The highest BCUT2D eigenvalue weighted by Crippen LogP contribution is 1.86. The summed E-state index contributed by atoms with van der Waals surface area (Å²) >= 11 is 0. The summed E-state index contributed by atoms with van der Waals surface area (Å²) in [5, 5.41) is 5.87. The molecule has 14 heavy (non-hydrogen) atoms. The number of nitrogens with one attached hydrogen (secondary N) is 1. The zero-order valence-electron chi connectivity index (χ0n) is 7.53. The van der Waals surface area contributed by atoms with Crippen LogP contribution in [0.3, 0.4) is 0 Å². The fourth-order valence-electron chi connectivity index (χ4n) is 0.693. The molecule has 0 aliphatic carbocycles. The van der Waals surface area contributed by atoms with E-state index in [0.29, 0.717) is 5.69 Å². The lowest BCUT2D eigenvalue weighted by atomic mass is 10.3. The zero-order chi connectivity index (χ0) is 10.4. The van der Waals surface area contributed by atoms with Gasteiger partial charge in [0.2, 0.25) is 0 Å². The van der Waals surface area contributed by atoms with Crippen molar-refractivity contribution < 1.29 is 9.53 Å². The normalized spacial score (nSPS) is 8.64. The van der Waals surface area contributed by atoms with Crippen LogP contribution in [-0.4, -0.2) is 23.3 Å². The van der Waals surface area contributed by atoms with Gasteiger partial charge in [-0.1, -0.05) is 5.92 Å². The van der Waals surface area contributed by atoms with Crippen LogP contribution < -0.4 is 5.56 Å². The van der Waals surface area contributed by atoms with Crippen LogP contribution in [0, 0.1) is 11.8 Å². The Hall–Kier alpha value is -2.09. The van der Waals surface area contributed by atoms with Crippen molar-refractivity contribution in [3.63, 3.8) is 0 Å². The van der Waals surface area contributed by atoms with E-state index < -0.39 is 5.97 Å². The van der Waals surface area contributed by atoms with Gasteiger partial charge in [-0.2, -0.15) is 5.10 Å². The predicted octanol–water partition coefficient (Wildman–Crippen LogP) is -0.316. The Kier molecular flexibility index (Phi) is 3.44. The lowest BCUT2D eigenvalue weighted by Crippen LogP contribution is -2.05. The molecule has 5 heteroatoms. The maximum absolute atomic E-state index is 10.7. The molecule has 0 saturated heterocycles. The maximum Gasteiger partial charge on any atom is 0.317 e. The van der Waals surface area contributed by atoms with Crippen LogP contribution in [0.4, 0.5) is 0 Å². The minimum absolute atomic E-state index is 0.0112. The number of ether oxygens (including phenoxy) is 1. The van der Waals surface area contributed by atoms with Gasteiger partial charge in [-0.25, -0.2) is 5.10 Å². The first-order chi connectivity index (χ1) is 6.72. The summed E-state index contributed by atoms with van der Waals surface area (Å²) in [6.07, 6.45) is 0.0112. The number of esters is 1. The first-order valence-corrected chi connectivity index (χ1v) is 3.84. The zero-order valence-corrected chi connectivity index (χ0v) is 7.53. The Bertz CT molecular complexity index is 419. The van der Waals surface area contributed by atoms with Crippen LogP contribution in [0.15, 0.2) is 16.9 Å². The van der Waals surface area contributed by atoms with E-state index in [4.69, 9.17) is 0 Å². The van der Waals surface area contributed by atoms with Crippen LogP contribution in [0.2, 0.25) is 0 Å². The van der Waals surface area contributed by atoms with Gasteiger partial charge in [-0.15, -0.1) is 0 Å². The van der Waals surface area contributed by atoms with Crippen molar-refractivity contribution >= 4 is 5.97 Å². The molecule has 1 rings (SSSR count). The van der Waals surface area contributed by atoms with Crippen molar-refractivity contribution in [1.29, 1.82) is 0 Å². The Balaban J connectivity index is 2.64. The van der Waals surface area contributed by atoms with Gasteiger partial charge >= 0.3 is 5.97 Å². The summed E-state index contributed by atoms with van der Waals surface area (Å²) < 4.78 is 4.39. The third kappa shape index (κ3) is 3.11. The first-order valence-electron chi connectivity index (χ1n) is 3.84. The monoisotopic (exact) mass is 192 g/mol. The van der Waals surface area contributed by atoms with E-state index in [1.54, 1.807) is 0 Å². The highest BCUT2D eigenvalue weighted by Gasteiger charge is 1.93. The molecule has 0 spiro atoms. The number of H-pyrrole nitrogens is 1. The minimum Gasteiger partial charge on any atom is -0.468 e. The quantitative estimate of drug-likeness (QED) is 0.489. The van der Waals surface area contributed by atoms with E-state index in [1.165, 1.54) is 19.2 Å². The topological polar surface area (TPSA) is 72.1 Å². The van der Waals surface area contributed by atoms with E-state index in [1.807, 2.05) is 0 Å². The SMILES string of the molecule is COC(=O)CC#Cc1ccc(=O)[nH]n1. The fraction of sp³-hybridized carbons (Fsp3) is 0.222. The third-order valence-electron chi connectivity index (χ3n) is 1.36. The molecule has 5 nitrogen and oxygen atoms in total. The minimum atomic E-state index is -0.401. The average Bonchev–Trinajstić information content (AvgIpc) is 2.21. The molecular formula is C9H8N2O3. The number of rotatable bonds is 1. The summed E-state index contributed by atoms with van der Waals surface area (Å²) in [7, 11) is 1.29. The number of nitrogens with zero attached hydrogens (tertiary/aromatic N) is 1. The Morgan fingerprint density at radius 1 is 1.64 bits per heavy atom. The Morgan fingerprint density at radius 3 is 3.00 bits per heavy atom. The summed E-state index contributed by atoms with van der Waals surface area (Å²) in [5.74, 6) is 4.77. The second-order valence-corrected chi connectivity index (χ2v) is 2.36. The van der Waals surface area contributed by atoms with Gasteiger partial charge < -0.3 is 4.74 Å². The summed E-state index contributed by atoms with van der Waals surface area (Å²) in [6.45, 7) is 0. The third-order valence-corrected chi connectivity index (χ3v) is 1.36. The maximum atomic E-state index is 10.7. The van der Waals surface area contributed by atoms with Crippen LogP contribution in [0.5, 0.6) is 0 Å². The predicted molar refractivity (Wildman–Crippen MR) is 48.4 cm³/mol. The molecule has 1 aromatic heterocycles. The molecule has 1 heterocycles. The molecule has 1 aromatic rings. The number of methoxy groups -OCH3 is 1. The van der Waals surface area contributed by atoms with Gasteiger partial charge in [-0.05, 0) is 12.0 Å². The number of carbonyl (C=O) groups excluding carboxylic acids is 1. The van der Waals surface area contributed by atoms with Gasteiger partial charge in [0.05, 0.1) is 7.11 Å². The second kappa shape index (κ2) is 4.82. The van der Waals surface area contributed by atoms with Gasteiger partial charge in [0, 0.05) is 6.07 Å². The molecule has 72 valence electrons. The van der Waals surface area contributed by atoms with E-state index in [-0.39, 0.29) is 12.0 Å². The van der Waals surface area contributed by atoms with Crippen molar-refractivity contribution in [1.82, 2.24) is 10.2 Å². The van der Waals surface area contributed by atoms with Crippen molar-refractivity contribution in [3.05, 3.63) is 28.2 Å². The molecule has 0 fully saturated rings. The fourth-order valence-corrected chi connectivity index (χ4v) is 0.693. The molecule has 0 saturated carbocycles. The number of aromatic amines is 1. The highest BCUT2D eigenvalue weighted by atomic mass is 16.5. The van der Waals surface area contributed by atoms with Gasteiger partial charge in [-0.3, -0.25) is 9.59 Å². The molecule has 0 aliphatic heterocycles. The second-order valence-electron chi connectivity index (χ2n) is 2.36. The lowest BCUT2D eigenvalue weighted by molar-refractivity contribution is -0.139. The summed E-state index contributed by atoms with van der Waals surface area (Å²) in [5.41, 5.74) is 0.122. The molecular weight excluding hydrogens is 184 g/mol.